The van der Waals surface area contributed by atoms with E-state index in [1.165, 1.54) is 12.1 Å². The topological polar surface area (TPSA) is 49.3 Å². The Morgan fingerprint density at radius 3 is 2.50 bits per heavy atom. The molecule has 0 spiro atoms. The Balaban J connectivity index is 2.27. The van der Waals surface area contributed by atoms with Crippen molar-refractivity contribution in [3.05, 3.63) is 63.9 Å². The van der Waals surface area contributed by atoms with Gasteiger partial charge in [-0.3, -0.25) is 0 Å². The molecule has 2 rings (SSSR count). The van der Waals surface area contributed by atoms with Gasteiger partial charge in [0.15, 0.2) is 5.82 Å². The number of halogens is 2. The summed E-state index contributed by atoms with van der Waals surface area (Å²) in [6, 6.07) is 12.3. The quantitative estimate of drug-likeness (QED) is 0.865. The molecule has 20 heavy (non-hydrogen) atoms. The van der Waals surface area contributed by atoms with Gasteiger partial charge in [-0.15, -0.1) is 0 Å². The Hall–Kier alpha value is -1.88. The standard InChI is InChI=1S/C15H13BrFNO2/c1-9(10-5-3-2-4-6-10)18-12-8-7-11(15(19)20)13(16)14(12)17/h2-9,18H,1H3,(H,19,20). The largest absolute Gasteiger partial charge is 0.478 e. The van der Waals surface area contributed by atoms with Gasteiger partial charge in [0.2, 0.25) is 0 Å². The molecule has 0 saturated heterocycles. The van der Waals surface area contributed by atoms with Crippen LogP contribution in [-0.2, 0) is 0 Å². The van der Waals surface area contributed by atoms with Gasteiger partial charge in [-0.25, -0.2) is 9.18 Å². The fourth-order valence-electron chi connectivity index (χ4n) is 1.88. The molecular formula is C15H13BrFNO2. The van der Waals surface area contributed by atoms with E-state index < -0.39 is 11.8 Å². The predicted octanol–water partition coefficient (Wildman–Crippen LogP) is 4.46. The third-order valence-corrected chi connectivity index (χ3v) is 3.76. The smallest absolute Gasteiger partial charge is 0.336 e. The van der Waals surface area contributed by atoms with E-state index in [4.69, 9.17) is 5.11 Å². The summed E-state index contributed by atoms with van der Waals surface area (Å²) < 4.78 is 14.1. The first-order valence-corrected chi connectivity index (χ1v) is 6.82. The molecule has 0 aliphatic rings. The third kappa shape index (κ3) is 2.99. The molecule has 0 aromatic heterocycles. The Bertz CT molecular complexity index is 631. The third-order valence-electron chi connectivity index (χ3n) is 2.98. The number of carboxylic acid groups (broad SMARTS) is 1. The first-order chi connectivity index (χ1) is 9.50. The van der Waals surface area contributed by atoms with Gasteiger partial charge in [0.1, 0.15) is 0 Å². The number of carbonyl (C=O) groups is 1. The molecule has 0 bridgehead atoms. The Labute approximate surface area is 124 Å². The van der Waals surface area contributed by atoms with Crippen LogP contribution < -0.4 is 5.32 Å². The second kappa shape index (κ2) is 6.05. The van der Waals surface area contributed by atoms with E-state index >= 15 is 0 Å². The lowest BCUT2D eigenvalue weighted by Gasteiger charge is -2.17. The molecule has 0 saturated carbocycles. The van der Waals surface area contributed by atoms with Crippen LogP contribution in [0.4, 0.5) is 10.1 Å². The second-order valence-electron chi connectivity index (χ2n) is 4.37. The normalized spacial score (nSPS) is 11.9. The molecule has 104 valence electrons. The van der Waals surface area contributed by atoms with Gasteiger partial charge in [-0.2, -0.15) is 0 Å². The summed E-state index contributed by atoms with van der Waals surface area (Å²) in [5.74, 6) is -1.77. The van der Waals surface area contributed by atoms with Gasteiger partial charge in [-0.05, 0) is 40.5 Å². The maximum absolute atomic E-state index is 14.1. The van der Waals surface area contributed by atoms with Crippen molar-refractivity contribution in [3.8, 4) is 0 Å². The summed E-state index contributed by atoms with van der Waals surface area (Å²) in [7, 11) is 0. The van der Waals surface area contributed by atoms with E-state index in [1.807, 2.05) is 37.3 Å². The Kier molecular flexibility index (Phi) is 4.39. The molecule has 1 atom stereocenters. The van der Waals surface area contributed by atoms with Crippen LogP contribution in [0.5, 0.6) is 0 Å². The highest BCUT2D eigenvalue weighted by Crippen LogP contribution is 2.29. The van der Waals surface area contributed by atoms with Crippen LogP contribution in [-0.4, -0.2) is 11.1 Å². The summed E-state index contributed by atoms with van der Waals surface area (Å²) in [5, 5.41) is 12.0. The summed E-state index contributed by atoms with van der Waals surface area (Å²) >= 11 is 2.98. The van der Waals surface area contributed by atoms with Gasteiger partial charge in [0.25, 0.3) is 0 Å². The summed E-state index contributed by atoms with van der Waals surface area (Å²) in [5.41, 5.74) is 1.18. The molecule has 1 unspecified atom stereocenters. The number of hydrogen-bond donors (Lipinski definition) is 2. The van der Waals surface area contributed by atoms with Crippen molar-refractivity contribution >= 4 is 27.6 Å². The van der Waals surface area contributed by atoms with Gasteiger partial charge in [0.05, 0.1) is 15.7 Å². The molecule has 2 aromatic rings. The van der Waals surface area contributed by atoms with Crippen molar-refractivity contribution in [2.45, 2.75) is 13.0 Å². The van der Waals surface area contributed by atoms with Crippen molar-refractivity contribution in [2.24, 2.45) is 0 Å². The zero-order valence-electron chi connectivity index (χ0n) is 10.7. The van der Waals surface area contributed by atoms with Gasteiger partial charge >= 0.3 is 5.97 Å². The summed E-state index contributed by atoms with van der Waals surface area (Å²) in [4.78, 5) is 10.9. The minimum atomic E-state index is -1.17. The number of anilines is 1. The van der Waals surface area contributed by atoms with E-state index in [9.17, 15) is 9.18 Å². The van der Waals surface area contributed by atoms with Crippen molar-refractivity contribution in [1.82, 2.24) is 0 Å². The highest BCUT2D eigenvalue weighted by Gasteiger charge is 2.17. The minimum Gasteiger partial charge on any atom is -0.478 e. The average molecular weight is 338 g/mol. The van der Waals surface area contributed by atoms with Crippen LogP contribution in [0.2, 0.25) is 0 Å². The fraction of sp³-hybridized carbons (Fsp3) is 0.133. The van der Waals surface area contributed by atoms with E-state index in [0.717, 1.165) is 5.56 Å². The molecule has 0 heterocycles. The maximum Gasteiger partial charge on any atom is 0.336 e. The zero-order chi connectivity index (χ0) is 14.7. The second-order valence-corrected chi connectivity index (χ2v) is 5.16. The average Bonchev–Trinajstić information content (AvgIpc) is 2.44. The molecule has 2 N–H and O–H groups in total. The highest BCUT2D eigenvalue weighted by atomic mass is 79.9. The zero-order valence-corrected chi connectivity index (χ0v) is 12.3. The molecule has 0 aliphatic carbocycles. The van der Waals surface area contributed by atoms with Gasteiger partial charge in [-0.1, -0.05) is 30.3 Å². The summed E-state index contributed by atoms with van der Waals surface area (Å²) in [6.45, 7) is 1.91. The molecule has 0 aliphatic heterocycles. The maximum atomic E-state index is 14.1. The number of hydrogen-bond acceptors (Lipinski definition) is 2. The van der Waals surface area contributed by atoms with Gasteiger partial charge < -0.3 is 10.4 Å². The molecule has 0 amide bonds. The van der Waals surface area contributed by atoms with Crippen LogP contribution in [0.1, 0.15) is 28.9 Å². The van der Waals surface area contributed by atoms with Crippen molar-refractivity contribution < 1.29 is 14.3 Å². The lowest BCUT2D eigenvalue weighted by Crippen LogP contribution is -2.09. The monoisotopic (exact) mass is 337 g/mol. The molecule has 3 nitrogen and oxygen atoms in total. The number of carboxylic acids is 1. The number of rotatable bonds is 4. The van der Waals surface area contributed by atoms with E-state index in [1.54, 1.807) is 0 Å². The molecular weight excluding hydrogens is 325 g/mol. The predicted molar refractivity (Wildman–Crippen MR) is 79.5 cm³/mol. The van der Waals surface area contributed by atoms with Crippen LogP contribution in [0.3, 0.4) is 0 Å². The molecule has 0 fully saturated rings. The van der Waals surface area contributed by atoms with Crippen LogP contribution in [0.25, 0.3) is 0 Å². The Morgan fingerprint density at radius 1 is 1.25 bits per heavy atom. The highest BCUT2D eigenvalue weighted by molar-refractivity contribution is 9.10. The van der Waals surface area contributed by atoms with Crippen molar-refractivity contribution in [3.63, 3.8) is 0 Å². The SMILES string of the molecule is CC(Nc1ccc(C(=O)O)c(Br)c1F)c1ccccc1. The van der Waals surface area contributed by atoms with Crippen molar-refractivity contribution in [2.75, 3.05) is 5.32 Å². The van der Waals surface area contributed by atoms with Crippen LogP contribution in [0.15, 0.2) is 46.9 Å². The van der Waals surface area contributed by atoms with E-state index in [-0.39, 0.29) is 21.8 Å². The van der Waals surface area contributed by atoms with E-state index in [2.05, 4.69) is 21.2 Å². The molecule has 0 radical (unpaired) electrons. The fourth-order valence-corrected chi connectivity index (χ4v) is 2.40. The first-order valence-electron chi connectivity index (χ1n) is 6.03. The van der Waals surface area contributed by atoms with E-state index in [0.29, 0.717) is 0 Å². The molecule has 5 heteroatoms. The first kappa shape index (κ1) is 14.5. The van der Waals surface area contributed by atoms with Gasteiger partial charge in [0, 0.05) is 6.04 Å². The number of benzene rings is 2. The Morgan fingerprint density at radius 2 is 1.90 bits per heavy atom. The van der Waals surface area contributed by atoms with Crippen LogP contribution >= 0.6 is 15.9 Å². The van der Waals surface area contributed by atoms with Crippen LogP contribution in [0, 0.1) is 5.82 Å². The molecule has 2 aromatic carbocycles. The van der Waals surface area contributed by atoms with Crippen molar-refractivity contribution in [1.29, 1.82) is 0 Å². The number of aromatic carboxylic acids is 1. The lowest BCUT2D eigenvalue weighted by molar-refractivity contribution is 0.0695. The number of nitrogens with one attached hydrogen (secondary N) is 1. The minimum absolute atomic E-state index is 0.0461. The lowest BCUT2D eigenvalue weighted by atomic mass is 10.1. The summed E-state index contributed by atoms with van der Waals surface area (Å²) in [6.07, 6.45) is 0.